The Kier molecular flexibility index (Phi) is 5.22. The summed E-state index contributed by atoms with van der Waals surface area (Å²) in [4.78, 5) is 0. The quantitative estimate of drug-likeness (QED) is 0.794. The summed E-state index contributed by atoms with van der Waals surface area (Å²) in [6.45, 7) is 4.49. The fourth-order valence-electron chi connectivity index (χ4n) is 1.52. The standard InChI is InChI=1S/C13H17BrF3N/c1-12(2,6-7-14)18-9-10-4-3-5-11(8-10)13(15,16)17/h3-5,8,18H,6-7,9H2,1-2H3. The van der Waals surface area contributed by atoms with Crippen molar-refractivity contribution < 1.29 is 13.2 Å². The molecule has 0 heterocycles. The van der Waals surface area contributed by atoms with Gasteiger partial charge in [0.05, 0.1) is 5.56 Å². The summed E-state index contributed by atoms with van der Waals surface area (Å²) in [6.07, 6.45) is -3.37. The van der Waals surface area contributed by atoms with Crippen LogP contribution in [0, 0.1) is 0 Å². The van der Waals surface area contributed by atoms with Crippen LogP contribution in [0.4, 0.5) is 13.2 Å². The number of benzene rings is 1. The zero-order valence-corrected chi connectivity index (χ0v) is 12.0. The van der Waals surface area contributed by atoms with Crippen LogP contribution in [0.5, 0.6) is 0 Å². The molecule has 0 spiro atoms. The van der Waals surface area contributed by atoms with Gasteiger partial charge in [-0.15, -0.1) is 0 Å². The number of alkyl halides is 4. The van der Waals surface area contributed by atoms with Crippen molar-refractivity contribution in [3.8, 4) is 0 Å². The largest absolute Gasteiger partial charge is 0.416 e. The van der Waals surface area contributed by atoms with Gasteiger partial charge in [0, 0.05) is 17.4 Å². The average Bonchev–Trinajstić information content (AvgIpc) is 2.26. The van der Waals surface area contributed by atoms with Crippen molar-refractivity contribution in [2.45, 2.75) is 38.5 Å². The van der Waals surface area contributed by atoms with E-state index in [0.717, 1.165) is 17.8 Å². The van der Waals surface area contributed by atoms with Gasteiger partial charge in [-0.3, -0.25) is 0 Å². The first-order valence-corrected chi connectivity index (χ1v) is 6.84. The van der Waals surface area contributed by atoms with E-state index in [1.807, 2.05) is 13.8 Å². The van der Waals surface area contributed by atoms with E-state index in [9.17, 15) is 13.2 Å². The van der Waals surface area contributed by atoms with Crippen molar-refractivity contribution in [2.24, 2.45) is 0 Å². The van der Waals surface area contributed by atoms with Gasteiger partial charge >= 0.3 is 6.18 Å². The first-order chi connectivity index (χ1) is 8.24. The molecule has 0 radical (unpaired) electrons. The van der Waals surface area contributed by atoms with E-state index < -0.39 is 11.7 Å². The first kappa shape index (κ1) is 15.5. The first-order valence-electron chi connectivity index (χ1n) is 5.72. The molecule has 0 aliphatic carbocycles. The van der Waals surface area contributed by atoms with Crippen molar-refractivity contribution in [2.75, 3.05) is 5.33 Å². The predicted octanol–water partition coefficient (Wildman–Crippen LogP) is 4.36. The van der Waals surface area contributed by atoms with Gasteiger partial charge in [0.2, 0.25) is 0 Å². The highest BCUT2D eigenvalue weighted by molar-refractivity contribution is 9.09. The molecule has 0 saturated carbocycles. The molecule has 0 bridgehead atoms. The smallest absolute Gasteiger partial charge is 0.308 e. The van der Waals surface area contributed by atoms with Crippen molar-refractivity contribution in [3.05, 3.63) is 35.4 Å². The molecule has 0 amide bonds. The molecule has 1 rings (SSSR count). The van der Waals surface area contributed by atoms with Crippen LogP contribution in [0.3, 0.4) is 0 Å². The van der Waals surface area contributed by atoms with E-state index in [0.29, 0.717) is 12.1 Å². The van der Waals surface area contributed by atoms with Gasteiger partial charge in [-0.25, -0.2) is 0 Å². The Labute approximate surface area is 114 Å². The molecule has 1 nitrogen and oxygen atoms in total. The number of halogens is 4. The zero-order valence-electron chi connectivity index (χ0n) is 10.4. The van der Waals surface area contributed by atoms with E-state index in [1.165, 1.54) is 12.1 Å². The van der Waals surface area contributed by atoms with Gasteiger partial charge in [0.25, 0.3) is 0 Å². The highest BCUT2D eigenvalue weighted by Gasteiger charge is 2.30. The second-order valence-corrected chi connectivity index (χ2v) is 5.67. The minimum atomic E-state index is -4.28. The maximum atomic E-state index is 12.5. The summed E-state index contributed by atoms with van der Waals surface area (Å²) < 4.78 is 37.6. The Morgan fingerprint density at radius 2 is 1.89 bits per heavy atom. The highest BCUT2D eigenvalue weighted by Crippen LogP contribution is 2.29. The summed E-state index contributed by atoms with van der Waals surface area (Å²) >= 11 is 3.36. The van der Waals surface area contributed by atoms with Crippen molar-refractivity contribution >= 4 is 15.9 Å². The number of hydrogen-bond donors (Lipinski definition) is 1. The van der Waals surface area contributed by atoms with E-state index in [4.69, 9.17) is 0 Å². The van der Waals surface area contributed by atoms with Gasteiger partial charge in [-0.05, 0) is 31.9 Å². The molecule has 0 aliphatic rings. The van der Waals surface area contributed by atoms with Crippen molar-refractivity contribution in [3.63, 3.8) is 0 Å². The highest BCUT2D eigenvalue weighted by atomic mass is 79.9. The van der Waals surface area contributed by atoms with Crippen LogP contribution in [-0.2, 0) is 12.7 Å². The molecule has 0 unspecified atom stereocenters. The normalized spacial score (nSPS) is 12.8. The maximum absolute atomic E-state index is 12.5. The third kappa shape index (κ3) is 4.98. The van der Waals surface area contributed by atoms with E-state index in [1.54, 1.807) is 6.07 Å². The molecular formula is C13H17BrF3N. The van der Waals surface area contributed by atoms with Crippen LogP contribution in [-0.4, -0.2) is 10.9 Å². The molecule has 102 valence electrons. The molecule has 0 aliphatic heterocycles. The Morgan fingerprint density at radius 1 is 1.22 bits per heavy atom. The molecule has 0 atom stereocenters. The summed E-state index contributed by atoms with van der Waals surface area (Å²) in [5, 5.41) is 4.11. The van der Waals surface area contributed by atoms with Gasteiger partial charge in [-0.2, -0.15) is 13.2 Å². The van der Waals surface area contributed by atoms with E-state index >= 15 is 0 Å². The number of hydrogen-bond acceptors (Lipinski definition) is 1. The molecule has 1 N–H and O–H groups in total. The monoisotopic (exact) mass is 323 g/mol. The third-order valence-electron chi connectivity index (χ3n) is 2.74. The average molecular weight is 324 g/mol. The van der Waals surface area contributed by atoms with Crippen LogP contribution in [0.2, 0.25) is 0 Å². The predicted molar refractivity (Wildman–Crippen MR) is 70.8 cm³/mol. The maximum Gasteiger partial charge on any atom is 0.416 e. The SMILES string of the molecule is CC(C)(CCBr)NCc1cccc(C(F)(F)F)c1. The van der Waals surface area contributed by atoms with Crippen LogP contribution < -0.4 is 5.32 Å². The summed E-state index contributed by atoms with van der Waals surface area (Å²) in [6, 6.07) is 5.42. The minimum Gasteiger partial charge on any atom is -0.308 e. The van der Waals surface area contributed by atoms with Crippen LogP contribution in [0.15, 0.2) is 24.3 Å². The summed E-state index contributed by atoms with van der Waals surface area (Å²) in [7, 11) is 0. The van der Waals surface area contributed by atoms with Crippen molar-refractivity contribution in [1.82, 2.24) is 5.32 Å². The Balaban J connectivity index is 2.69. The molecule has 0 aromatic heterocycles. The molecule has 1 aromatic carbocycles. The summed E-state index contributed by atoms with van der Waals surface area (Å²) in [5.74, 6) is 0. The molecule has 0 saturated heterocycles. The fourth-order valence-corrected chi connectivity index (χ4v) is 2.51. The Morgan fingerprint density at radius 3 is 2.44 bits per heavy atom. The van der Waals surface area contributed by atoms with Gasteiger partial charge in [-0.1, -0.05) is 34.1 Å². The lowest BCUT2D eigenvalue weighted by molar-refractivity contribution is -0.137. The molecule has 18 heavy (non-hydrogen) atoms. The third-order valence-corrected chi connectivity index (χ3v) is 3.14. The lowest BCUT2D eigenvalue weighted by Gasteiger charge is -2.25. The lowest BCUT2D eigenvalue weighted by atomic mass is 10.0. The van der Waals surface area contributed by atoms with E-state index in [2.05, 4.69) is 21.2 Å². The van der Waals surface area contributed by atoms with Gasteiger partial charge in [0.15, 0.2) is 0 Å². The fraction of sp³-hybridized carbons (Fsp3) is 0.538. The van der Waals surface area contributed by atoms with Crippen LogP contribution >= 0.6 is 15.9 Å². The van der Waals surface area contributed by atoms with Gasteiger partial charge in [0.1, 0.15) is 0 Å². The second kappa shape index (κ2) is 6.06. The minimum absolute atomic E-state index is 0.0995. The van der Waals surface area contributed by atoms with Gasteiger partial charge < -0.3 is 5.32 Å². The topological polar surface area (TPSA) is 12.0 Å². The van der Waals surface area contributed by atoms with Crippen molar-refractivity contribution in [1.29, 1.82) is 0 Å². The molecule has 1 aromatic rings. The molecule has 0 fully saturated rings. The van der Waals surface area contributed by atoms with E-state index in [-0.39, 0.29) is 5.54 Å². The van der Waals surface area contributed by atoms with Crippen LogP contribution in [0.1, 0.15) is 31.4 Å². The zero-order chi connectivity index (χ0) is 13.8. The Bertz CT molecular complexity index is 388. The second-order valence-electron chi connectivity index (χ2n) is 4.87. The summed E-state index contributed by atoms with van der Waals surface area (Å²) in [5.41, 5.74) is -0.0508. The Hall–Kier alpha value is -0.550. The number of rotatable bonds is 5. The number of nitrogens with one attached hydrogen (secondary N) is 1. The molecular weight excluding hydrogens is 307 g/mol. The van der Waals surface area contributed by atoms with Crippen LogP contribution in [0.25, 0.3) is 0 Å². The molecule has 5 heteroatoms. The lowest BCUT2D eigenvalue weighted by Crippen LogP contribution is -2.39.